The van der Waals surface area contributed by atoms with Crippen molar-refractivity contribution in [3.63, 3.8) is 0 Å². The Bertz CT molecular complexity index is 1250. The highest BCUT2D eigenvalue weighted by atomic mass is 32.2. The number of fused-ring (bicyclic) bond motifs is 2. The molecular formula is C28H38N4O6S. The van der Waals surface area contributed by atoms with Crippen molar-refractivity contribution in [3.8, 4) is 0 Å². The molecule has 0 spiro atoms. The lowest BCUT2D eigenvalue weighted by molar-refractivity contribution is -0.140. The van der Waals surface area contributed by atoms with Crippen molar-refractivity contribution in [2.75, 3.05) is 11.9 Å². The summed E-state index contributed by atoms with van der Waals surface area (Å²) in [5.74, 6) is -1.94. The number of carbonyl (C=O) groups excluding carboxylic acids is 3. The molecule has 0 radical (unpaired) electrons. The second-order valence-corrected chi connectivity index (χ2v) is 13.9. The quantitative estimate of drug-likeness (QED) is 0.404. The van der Waals surface area contributed by atoms with Crippen LogP contribution in [0.5, 0.6) is 0 Å². The molecule has 0 aromatic heterocycles. The number of nitrogens with zero attached hydrogens (tertiary/aromatic N) is 1. The minimum absolute atomic E-state index is 0.0130. The van der Waals surface area contributed by atoms with Gasteiger partial charge in [0, 0.05) is 24.6 Å². The first-order valence-electron chi connectivity index (χ1n) is 13.9. The van der Waals surface area contributed by atoms with Gasteiger partial charge < -0.3 is 20.6 Å². The fourth-order valence-corrected chi connectivity index (χ4v) is 6.93. The highest BCUT2D eigenvalue weighted by Gasteiger charge is 2.63. The molecule has 4 aliphatic rings. The average Bonchev–Trinajstić information content (AvgIpc) is 3.78. The number of anilines is 1. The molecule has 0 bridgehead atoms. The van der Waals surface area contributed by atoms with E-state index in [2.05, 4.69) is 15.4 Å². The van der Waals surface area contributed by atoms with Gasteiger partial charge in [0.15, 0.2) is 0 Å². The van der Waals surface area contributed by atoms with Gasteiger partial charge in [-0.25, -0.2) is 8.42 Å². The molecule has 2 aliphatic heterocycles. The third-order valence-electron chi connectivity index (χ3n) is 8.61. The van der Waals surface area contributed by atoms with E-state index in [4.69, 9.17) is 0 Å². The molecule has 11 heteroatoms. The summed E-state index contributed by atoms with van der Waals surface area (Å²) in [5.41, 5.74) is -0.616. The van der Waals surface area contributed by atoms with Crippen molar-refractivity contribution in [1.82, 2.24) is 14.9 Å². The third kappa shape index (κ3) is 5.70. The molecule has 1 aromatic carbocycles. The molecule has 3 fully saturated rings. The van der Waals surface area contributed by atoms with E-state index < -0.39 is 50.3 Å². The largest absolute Gasteiger partial charge is 0.391 e. The van der Waals surface area contributed by atoms with E-state index in [1.54, 1.807) is 6.92 Å². The number of rotatable bonds is 5. The second kappa shape index (κ2) is 10.6. The van der Waals surface area contributed by atoms with Crippen molar-refractivity contribution in [3.05, 3.63) is 42.5 Å². The van der Waals surface area contributed by atoms with Crippen LogP contribution in [0.25, 0.3) is 0 Å². The Kier molecular flexibility index (Phi) is 7.49. The highest BCUT2D eigenvalue weighted by molar-refractivity contribution is 7.91. The second-order valence-electron chi connectivity index (χ2n) is 11.7. The van der Waals surface area contributed by atoms with E-state index in [0.717, 1.165) is 31.4 Å². The van der Waals surface area contributed by atoms with Crippen LogP contribution in [0.15, 0.2) is 42.5 Å². The Hall–Kier alpha value is -2.92. The smallest absolute Gasteiger partial charge is 0.259 e. The van der Waals surface area contributed by atoms with Gasteiger partial charge in [0.25, 0.3) is 5.91 Å². The number of amides is 3. The molecule has 5 rings (SSSR count). The molecule has 2 heterocycles. The van der Waals surface area contributed by atoms with Crippen molar-refractivity contribution in [2.24, 2.45) is 5.92 Å². The lowest BCUT2D eigenvalue weighted by atomic mass is 10.0. The van der Waals surface area contributed by atoms with E-state index in [1.165, 1.54) is 4.90 Å². The lowest BCUT2D eigenvalue weighted by Crippen LogP contribution is -2.58. The monoisotopic (exact) mass is 558 g/mol. The lowest BCUT2D eigenvalue weighted by Gasteiger charge is -2.30. The van der Waals surface area contributed by atoms with Crippen LogP contribution < -0.4 is 15.4 Å². The minimum Gasteiger partial charge on any atom is -0.391 e. The van der Waals surface area contributed by atoms with Crippen molar-refractivity contribution in [2.45, 2.75) is 93.2 Å². The topological polar surface area (TPSA) is 145 Å². The first-order valence-corrected chi connectivity index (χ1v) is 15.4. The van der Waals surface area contributed by atoms with Gasteiger partial charge in [-0.05, 0) is 57.6 Å². The van der Waals surface area contributed by atoms with Crippen LogP contribution in [0.4, 0.5) is 5.69 Å². The number of para-hydroxylation sites is 1. The predicted molar refractivity (Wildman–Crippen MR) is 146 cm³/mol. The fraction of sp³-hybridized carbons (Fsp3) is 0.607. The molecule has 2 aliphatic carbocycles. The fourth-order valence-electron chi connectivity index (χ4n) is 5.61. The molecule has 2 saturated carbocycles. The number of carbonyl (C=O) groups is 3. The molecule has 1 saturated heterocycles. The van der Waals surface area contributed by atoms with Crippen LogP contribution >= 0.6 is 0 Å². The maximum absolute atomic E-state index is 13.8. The minimum atomic E-state index is -3.89. The van der Waals surface area contributed by atoms with Crippen molar-refractivity contribution < 1.29 is 27.9 Å². The number of aliphatic hydroxyl groups excluding tert-OH is 1. The third-order valence-corrected chi connectivity index (χ3v) is 10.8. The number of hydrogen-bond acceptors (Lipinski definition) is 7. The van der Waals surface area contributed by atoms with Gasteiger partial charge in [0.1, 0.15) is 17.6 Å². The standard InChI is InChI=1S/C28H38N4O6S/c1-27(14-15-27)39(37,38)31-26(36)28-17-19(28)10-6-3-2-4-9-13-22(29-20-11-7-5-8-12-20)25(35)32-18-21(33)16-23(32)24(34)30-28/h5-8,10-12,19,21-23,29,33H,2-4,9,13-18H2,1H3,(H,30,34)(H,31,36). The molecule has 5 atom stereocenters. The van der Waals surface area contributed by atoms with Crippen LogP contribution in [0.3, 0.4) is 0 Å². The SMILES string of the molecule is CC1(S(=O)(=O)NC(=O)C23CC2C=CCCCCCC(Nc2ccccc2)C(=O)N2CC(O)CC2C(=O)N3)CC1. The van der Waals surface area contributed by atoms with Crippen molar-refractivity contribution >= 4 is 33.4 Å². The Morgan fingerprint density at radius 2 is 1.87 bits per heavy atom. The zero-order chi connectivity index (χ0) is 27.8. The van der Waals surface area contributed by atoms with Gasteiger partial charge in [-0.3, -0.25) is 19.1 Å². The summed E-state index contributed by atoms with van der Waals surface area (Å²) in [6.07, 6.45) is 8.24. The number of aliphatic hydroxyl groups is 1. The zero-order valence-corrected chi connectivity index (χ0v) is 23.1. The summed E-state index contributed by atoms with van der Waals surface area (Å²) in [5, 5.41) is 16.6. The van der Waals surface area contributed by atoms with E-state index in [1.807, 2.05) is 42.5 Å². The Morgan fingerprint density at radius 1 is 1.13 bits per heavy atom. The maximum Gasteiger partial charge on any atom is 0.259 e. The Morgan fingerprint density at radius 3 is 2.59 bits per heavy atom. The van der Waals surface area contributed by atoms with Gasteiger partial charge in [-0.1, -0.05) is 43.2 Å². The molecule has 212 valence electrons. The molecule has 4 N–H and O–H groups in total. The van der Waals surface area contributed by atoms with Gasteiger partial charge in [-0.15, -0.1) is 0 Å². The Labute approximate surface area is 229 Å². The molecule has 39 heavy (non-hydrogen) atoms. The Balaban J connectivity index is 1.40. The molecule has 5 unspecified atom stereocenters. The number of hydrogen-bond donors (Lipinski definition) is 4. The molecule has 10 nitrogen and oxygen atoms in total. The molecule has 3 amide bonds. The van der Waals surface area contributed by atoms with Crippen molar-refractivity contribution in [1.29, 1.82) is 0 Å². The summed E-state index contributed by atoms with van der Waals surface area (Å²) in [6, 6.07) is 7.85. The summed E-state index contributed by atoms with van der Waals surface area (Å²) in [4.78, 5) is 42.2. The van der Waals surface area contributed by atoms with E-state index in [9.17, 15) is 27.9 Å². The predicted octanol–water partition coefficient (Wildman–Crippen LogP) is 1.82. The summed E-state index contributed by atoms with van der Waals surface area (Å²) < 4.78 is 26.9. The van der Waals surface area contributed by atoms with Gasteiger partial charge in [-0.2, -0.15) is 0 Å². The van der Waals surface area contributed by atoms with Crippen LogP contribution in [-0.2, 0) is 24.4 Å². The van der Waals surface area contributed by atoms with Gasteiger partial charge in [0.05, 0.1) is 10.9 Å². The van der Waals surface area contributed by atoms with E-state index in [0.29, 0.717) is 19.3 Å². The maximum atomic E-state index is 13.8. The first-order chi connectivity index (χ1) is 18.5. The summed E-state index contributed by atoms with van der Waals surface area (Å²) >= 11 is 0. The number of nitrogens with one attached hydrogen (secondary N) is 3. The van der Waals surface area contributed by atoms with Crippen LogP contribution in [-0.4, -0.2) is 71.2 Å². The zero-order valence-electron chi connectivity index (χ0n) is 22.3. The van der Waals surface area contributed by atoms with E-state index >= 15 is 0 Å². The number of benzene rings is 1. The number of allylic oxidation sites excluding steroid dienone is 1. The number of sulfonamides is 1. The summed E-state index contributed by atoms with van der Waals surface area (Å²) in [6.45, 7) is 1.61. The normalized spacial score (nSPS) is 32.6. The van der Waals surface area contributed by atoms with Crippen LogP contribution in [0.2, 0.25) is 0 Å². The molecule has 1 aromatic rings. The first kappa shape index (κ1) is 27.6. The average molecular weight is 559 g/mol. The van der Waals surface area contributed by atoms with Gasteiger partial charge in [0.2, 0.25) is 21.8 Å². The molecular weight excluding hydrogens is 520 g/mol. The summed E-state index contributed by atoms with van der Waals surface area (Å²) in [7, 11) is -3.89. The van der Waals surface area contributed by atoms with Gasteiger partial charge >= 0.3 is 0 Å². The highest BCUT2D eigenvalue weighted by Crippen LogP contribution is 2.47. The van der Waals surface area contributed by atoms with Crippen LogP contribution in [0.1, 0.15) is 64.7 Å². The van der Waals surface area contributed by atoms with Crippen LogP contribution in [0, 0.1) is 5.92 Å². The van der Waals surface area contributed by atoms with E-state index in [-0.39, 0.29) is 31.2 Å².